The van der Waals surface area contributed by atoms with Crippen LogP contribution in [0.2, 0.25) is 5.02 Å². The molecule has 2 atom stereocenters. The van der Waals surface area contributed by atoms with Gasteiger partial charge < -0.3 is 9.73 Å². The molecule has 0 spiro atoms. The number of amides is 1. The van der Waals surface area contributed by atoms with Gasteiger partial charge >= 0.3 is 0 Å². The van der Waals surface area contributed by atoms with Gasteiger partial charge in [0.1, 0.15) is 5.76 Å². The fourth-order valence-electron chi connectivity index (χ4n) is 3.89. The fourth-order valence-corrected chi connectivity index (χ4v) is 4.87. The molecule has 30 heavy (non-hydrogen) atoms. The van der Waals surface area contributed by atoms with E-state index in [9.17, 15) is 9.59 Å². The van der Waals surface area contributed by atoms with E-state index in [4.69, 9.17) is 16.0 Å². The van der Waals surface area contributed by atoms with Crippen molar-refractivity contribution in [3.05, 3.63) is 57.7 Å². The lowest BCUT2D eigenvalue weighted by molar-refractivity contribution is -0.119. The molecule has 1 aliphatic carbocycles. The van der Waals surface area contributed by atoms with Gasteiger partial charge in [-0.1, -0.05) is 43.1 Å². The van der Waals surface area contributed by atoms with Gasteiger partial charge in [-0.25, -0.2) is 4.98 Å². The molecule has 3 aromatic rings. The number of aromatic nitrogens is 2. The third kappa shape index (κ3) is 4.73. The normalized spacial score (nSPS) is 19.1. The molecule has 4 rings (SSSR count). The van der Waals surface area contributed by atoms with Crippen LogP contribution in [0.5, 0.6) is 0 Å². The van der Waals surface area contributed by atoms with E-state index < -0.39 is 0 Å². The van der Waals surface area contributed by atoms with E-state index in [1.165, 1.54) is 18.2 Å². The predicted molar refractivity (Wildman–Crippen MR) is 119 cm³/mol. The van der Waals surface area contributed by atoms with Gasteiger partial charge in [-0.3, -0.25) is 14.2 Å². The fraction of sp³-hybridized carbons (Fsp3) is 0.409. The number of carbonyl (C=O) groups is 1. The quantitative estimate of drug-likeness (QED) is 0.447. The second-order valence-electron chi connectivity index (χ2n) is 7.75. The Morgan fingerprint density at radius 1 is 1.33 bits per heavy atom. The Balaban J connectivity index is 1.58. The van der Waals surface area contributed by atoms with Crippen LogP contribution in [-0.4, -0.2) is 27.3 Å². The summed E-state index contributed by atoms with van der Waals surface area (Å²) in [5.74, 6) is 1.30. The second-order valence-corrected chi connectivity index (χ2v) is 9.13. The lowest BCUT2D eigenvalue weighted by atomic mass is 9.86. The summed E-state index contributed by atoms with van der Waals surface area (Å²) >= 11 is 7.35. The molecule has 1 N–H and O–H groups in total. The largest absolute Gasteiger partial charge is 0.467 e. The topological polar surface area (TPSA) is 77.1 Å². The van der Waals surface area contributed by atoms with Crippen molar-refractivity contribution in [1.82, 2.24) is 14.9 Å². The lowest BCUT2D eigenvalue weighted by Gasteiger charge is -2.29. The molecule has 2 aromatic heterocycles. The SMILES string of the molecule is CC1CCCCC1NC(=O)CSc1nc2cc(Cl)ccc2c(=O)n1Cc1ccco1. The summed E-state index contributed by atoms with van der Waals surface area (Å²) in [4.78, 5) is 30.3. The first kappa shape index (κ1) is 21.0. The van der Waals surface area contributed by atoms with Crippen LogP contribution < -0.4 is 10.9 Å². The minimum Gasteiger partial charge on any atom is -0.467 e. The van der Waals surface area contributed by atoms with Crippen LogP contribution in [0.4, 0.5) is 0 Å². The molecule has 158 valence electrons. The molecule has 6 nitrogen and oxygen atoms in total. The van der Waals surface area contributed by atoms with Crippen molar-refractivity contribution < 1.29 is 9.21 Å². The molecule has 8 heteroatoms. The number of hydrogen-bond donors (Lipinski definition) is 1. The van der Waals surface area contributed by atoms with Crippen LogP contribution in [0.15, 0.2) is 51.0 Å². The molecule has 2 unspecified atom stereocenters. The van der Waals surface area contributed by atoms with E-state index in [1.54, 1.807) is 35.1 Å². The van der Waals surface area contributed by atoms with Gasteiger partial charge in [0.15, 0.2) is 5.16 Å². The zero-order valence-electron chi connectivity index (χ0n) is 16.8. The van der Waals surface area contributed by atoms with Gasteiger partial charge in [0, 0.05) is 11.1 Å². The molecule has 1 fully saturated rings. The number of fused-ring (bicyclic) bond motifs is 1. The number of rotatable bonds is 6. The molecular formula is C22H24ClN3O3S. The van der Waals surface area contributed by atoms with Crippen molar-refractivity contribution in [3.8, 4) is 0 Å². The molecule has 0 aliphatic heterocycles. The molecule has 1 amide bonds. The Hall–Kier alpha value is -2.25. The van der Waals surface area contributed by atoms with E-state index in [0.29, 0.717) is 32.8 Å². The third-order valence-corrected chi connectivity index (χ3v) is 6.78. The second kappa shape index (κ2) is 9.27. The maximum atomic E-state index is 13.1. The van der Waals surface area contributed by atoms with Crippen LogP contribution in [-0.2, 0) is 11.3 Å². The number of nitrogens with one attached hydrogen (secondary N) is 1. The van der Waals surface area contributed by atoms with Crippen molar-refractivity contribution in [3.63, 3.8) is 0 Å². The summed E-state index contributed by atoms with van der Waals surface area (Å²) in [5.41, 5.74) is 0.337. The number of carbonyl (C=O) groups excluding carboxylic acids is 1. The van der Waals surface area contributed by atoms with Crippen LogP contribution in [0.1, 0.15) is 38.4 Å². The highest BCUT2D eigenvalue weighted by atomic mass is 35.5. The average molecular weight is 446 g/mol. The highest BCUT2D eigenvalue weighted by Crippen LogP contribution is 2.25. The number of thioether (sulfide) groups is 1. The van der Waals surface area contributed by atoms with E-state index in [1.807, 2.05) is 6.07 Å². The Labute approximate surface area is 184 Å². The monoisotopic (exact) mass is 445 g/mol. The Kier molecular flexibility index (Phi) is 6.49. The molecular weight excluding hydrogens is 422 g/mol. The first-order valence-electron chi connectivity index (χ1n) is 10.2. The van der Waals surface area contributed by atoms with E-state index in [0.717, 1.165) is 19.3 Å². The Bertz CT molecular complexity index is 1100. The molecule has 0 saturated heterocycles. The van der Waals surface area contributed by atoms with Crippen LogP contribution in [0, 0.1) is 5.92 Å². The van der Waals surface area contributed by atoms with Crippen molar-refractivity contribution in [1.29, 1.82) is 0 Å². The number of hydrogen-bond acceptors (Lipinski definition) is 5. The molecule has 0 bridgehead atoms. The lowest BCUT2D eigenvalue weighted by Crippen LogP contribution is -2.42. The van der Waals surface area contributed by atoms with Gasteiger partial charge in [-0.05, 0) is 49.1 Å². The van der Waals surface area contributed by atoms with E-state index >= 15 is 0 Å². The van der Waals surface area contributed by atoms with Gasteiger partial charge in [-0.2, -0.15) is 0 Å². The standard InChI is InChI=1S/C22H24ClN3O3S/c1-14-5-2-3-7-18(14)24-20(27)13-30-22-25-19-11-15(23)8-9-17(19)21(28)26(22)12-16-6-4-10-29-16/h4,6,8-11,14,18H,2-3,5,7,12-13H2,1H3,(H,24,27). The van der Waals surface area contributed by atoms with Gasteiger partial charge in [-0.15, -0.1) is 0 Å². The zero-order valence-corrected chi connectivity index (χ0v) is 18.3. The average Bonchev–Trinajstić information content (AvgIpc) is 3.23. The molecule has 1 aromatic carbocycles. The van der Waals surface area contributed by atoms with E-state index in [-0.39, 0.29) is 29.8 Å². The van der Waals surface area contributed by atoms with Crippen molar-refractivity contribution >= 4 is 40.2 Å². The van der Waals surface area contributed by atoms with Crippen molar-refractivity contribution in [2.45, 2.75) is 50.4 Å². The summed E-state index contributed by atoms with van der Waals surface area (Å²) < 4.78 is 6.97. The van der Waals surface area contributed by atoms with Gasteiger partial charge in [0.25, 0.3) is 5.56 Å². The summed E-state index contributed by atoms with van der Waals surface area (Å²) in [5, 5.41) is 4.62. The van der Waals surface area contributed by atoms with E-state index in [2.05, 4.69) is 17.2 Å². The van der Waals surface area contributed by atoms with Crippen molar-refractivity contribution in [2.24, 2.45) is 5.92 Å². The van der Waals surface area contributed by atoms with Crippen molar-refractivity contribution in [2.75, 3.05) is 5.75 Å². The Morgan fingerprint density at radius 3 is 2.93 bits per heavy atom. The molecule has 1 aliphatic rings. The first-order chi connectivity index (χ1) is 14.5. The number of nitrogens with zero attached hydrogens (tertiary/aromatic N) is 2. The number of halogens is 1. The van der Waals surface area contributed by atoms with Crippen LogP contribution in [0.25, 0.3) is 10.9 Å². The third-order valence-electron chi connectivity index (χ3n) is 5.57. The molecule has 0 radical (unpaired) electrons. The first-order valence-corrected chi connectivity index (χ1v) is 11.5. The molecule has 1 saturated carbocycles. The molecule has 2 heterocycles. The predicted octanol–water partition coefficient (Wildman–Crippen LogP) is 4.48. The maximum Gasteiger partial charge on any atom is 0.262 e. The highest BCUT2D eigenvalue weighted by Gasteiger charge is 2.23. The summed E-state index contributed by atoms with van der Waals surface area (Å²) in [7, 11) is 0. The van der Waals surface area contributed by atoms with Gasteiger partial charge in [0.05, 0.1) is 29.5 Å². The summed E-state index contributed by atoms with van der Waals surface area (Å²) in [6, 6.07) is 8.83. The summed E-state index contributed by atoms with van der Waals surface area (Å²) in [6.07, 6.45) is 6.12. The number of furan rings is 1. The van der Waals surface area contributed by atoms with Crippen LogP contribution >= 0.6 is 23.4 Å². The zero-order chi connectivity index (χ0) is 21.1. The van der Waals surface area contributed by atoms with Crippen LogP contribution in [0.3, 0.4) is 0 Å². The smallest absolute Gasteiger partial charge is 0.262 e. The van der Waals surface area contributed by atoms with Gasteiger partial charge in [0.2, 0.25) is 5.91 Å². The maximum absolute atomic E-state index is 13.1. The summed E-state index contributed by atoms with van der Waals surface area (Å²) in [6.45, 7) is 2.44. The number of benzene rings is 1. The highest BCUT2D eigenvalue weighted by molar-refractivity contribution is 7.99. The minimum absolute atomic E-state index is 0.0382. The Morgan fingerprint density at radius 2 is 2.17 bits per heavy atom. The minimum atomic E-state index is -0.183.